The fourth-order valence-electron chi connectivity index (χ4n) is 3.11. The molecule has 2 aromatic carbocycles. The van der Waals surface area contributed by atoms with Gasteiger partial charge in [-0.2, -0.15) is 0 Å². The molecule has 0 saturated heterocycles. The van der Waals surface area contributed by atoms with Crippen LogP contribution in [-0.2, 0) is 11.2 Å². The number of hydrogen-bond acceptors (Lipinski definition) is 3. The van der Waals surface area contributed by atoms with Crippen molar-refractivity contribution >= 4 is 40.8 Å². The number of rotatable bonds is 6. The van der Waals surface area contributed by atoms with E-state index in [0.717, 1.165) is 22.6 Å². The van der Waals surface area contributed by atoms with Gasteiger partial charge in [-0.1, -0.05) is 34.8 Å². The largest absolute Gasteiger partial charge is 0.465 e. The van der Waals surface area contributed by atoms with Gasteiger partial charge < -0.3 is 14.4 Å². The van der Waals surface area contributed by atoms with Gasteiger partial charge in [0.2, 0.25) is 0 Å². The number of aliphatic hydroxyl groups excluding tert-OH is 1. The Bertz CT molecular complexity index is 997. The predicted molar refractivity (Wildman–Crippen MR) is 113 cm³/mol. The number of nitrogens with zero attached hydrogens (tertiary/aromatic N) is 1. The van der Waals surface area contributed by atoms with E-state index in [4.69, 9.17) is 39.5 Å². The number of hydrogen-bond donors (Lipinski definition) is 1. The highest BCUT2D eigenvalue weighted by molar-refractivity contribution is 6.36. The van der Waals surface area contributed by atoms with E-state index < -0.39 is 5.97 Å². The van der Waals surface area contributed by atoms with Crippen LogP contribution in [0.25, 0.3) is 16.9 Å². The quantitative estimate of drug-likeness (QED) is 0.494. The van der Waals surface area contributed by atoms with Crippen molar-refractivity contribution in [3.63, 3.8) is 0 Å². The maximum Gasteiger partial charge on any atom is 0.339 e. The first kappa shape index (κ1) is 20.7. The van der Waals surface area contributed by atoms with Crippen LogP contribution in [0.5, 0.6) is 0 Å². The van der Waals surface area contributed by atoms with Gasteiger partial charge in [-0.25, -0.2) is 4.79 Å². The fourth-order valence-corrected chi connectivity index (χ4v) is 3.74. The molecule has 146 valence electrons. The fraction of sp³-hybridized carbons (Fsp3) is 0.190. The molecular formula is C21H18Cl3NO3. The molecule has 1 aromatic heterocycles. The van der Waals surface area contributed by atoms with Gasteiger partial charge in [0.05, 0.1) is 23.4 Å². The molecule has 0 amide bonds. The van der Waals surface area contributed by atoms with Crippen LogP contribution in [0, 0.1) is 0 Å². The Balaban J connectivity index is 2.31. The van der Waals surface area contributed by atoms with Crippen molar-refractivity contribution in [2.75, 3.05) is 13.7 Å². The highest BCUT2D eigenvalue weighted by Gasteiger charge is 2.23. The van der Waals surface area contributed by atoms with Crippen molar-refractivity contribution in [1.82, 2.24) is 4.57 Å². The summed E-state index contributed by atoms with van der Waals surface area (Å²) in [6.45, 7) is 0.00342. The molecule has 0 fully saturated rings. The molecular weight excluding hydrogens is 421 g/mol. The van der Waals surface area contributed by atoms with E-state index in [0.29, 0.717) is 33.5 Å². The van der Waals surface area contributed by atoms with E-state index in [-0.39, 0.29) is 6.61 Å². The first-order valence-corrected chi connectivity index (χ1v) is 9.74. The third-order valence-electron chi connectivity index (χ3n) is 4.37. The SMILES string of the molecule is COC(=O)c1cc(-c2ccc(Cl)cc2Cl)n(-c2ccc(Cl)cc2)c1CCCO. The molecule has 1 N–H and O–H groups in total. The molecule has 0 aliphatic carbocycles. The van der Waals surface area contributed by atoms with Gasteiger partial charge in [-0.3, -0.25) is 0 Å². The van der Waals surface area contributed by atoms with E-state index in [1.165, 1.54) is 7.11 Å². The first-order chi connectivity index (χ1) is 13.5. The van der Waals surface area contributed by atoms with Crippen molar-refractivity contribution in [3.8, 4) is 16.9 Å². The van der Waals surface area contributed by atoms with Crippen molar-refractivity contribution in [3.05, 3.63) is 74.9 Å². The van der Waals surface area contributed by atoms with E-state index in [1.54, 1.807) is 30.3 Å². The molecule has 3 aromatic rings. The number of aromatic nitrogens is 1. The lowest BCUT2D eigenvalue weighted by Gasteiger charge is -2.15. The minimum absolute atomic E-state index is 0.00342. The minimum Gasteiger partial charge on any atom is -0.465 e. The Hall–Kier alpha value is -1.98. The average molecular weight is 439 g/mol. The summed E-state index contributed by atoms with van der Waals surface area (Å²) < 4.78 is 6.91. The van der Waals surface area contributed by atoms with Gasteiger partial charge in [-0.05, 0) is 61.4 Å². The van der Waals surface area contributed by atoms with Crippen LogP contribution >= 0.6 is 34.8 Å². The van der Waals surface area contributed by atoms with Crippen LogP contribution in [0.3, 0.4) is 0 Å². The summed E-state index contributed by atoms with van der Waals surface area (Å²) in [5, 5.41) is 10.9. The normalized spacial score (nSPS) is 10.9. The first-order valence-electron chi connectivity index (χ1n) is 8.61. The molecule has 7 heteroatoms. The molecule has 0 aliphatic heterocycles. The molecule has 0 saturated carbocycles. The second kappa shape index (κ2) is 9.01. The number of halogens is 3. The predicted octanol–water partition coefficient (Wildman–Crippen LogP) is 5.82. The third kappa shape index (κ3) is 4.20. The molecule has 4 nitrogen and oxygen atoms in total. The molecule has 1 heterocycles. The van der Waals surface area contributed by atoms with Crippen LogP contribution in [0.2, 0.25) is 15.1 Å². The van der Waals surface area contributed by atoms with Gasteiger partial charge in [0.15, 0.2) is 0 Å². The van der Waals surface area contributed by atoms with Crippen molar-refractivity contribution in [1.29, 1.82) is 0 Å². The minimum atomic E-state index is -0.452. The summed E-state index contributed by atoms with van der Waals surface area (Å²) in [5.74, 6) is -0.452. The summed E-state index contributed by atoms with van der Waals surface area (Å²) in [4.78, 5) is 12.4. The third-order valence-corrected chi connectivity index (χ3v) is 5.17. The standard InChI is InChI=1S/C21H18Cl3NO3/c1-28-21(27)17-12-20(16-9-6-14(23)11-18(16)24)25(19(17)3-2-10-26)15-7-4-13(22)5-8-15/h4-9,11-12,26H,2-3,10H2,1H3. The molecule has 0 aliphatic rings. The number of methoxy groups -OCH3 is 1. The Labute approximate surface area is 178 Å². The molecule has 3 rings (SSSR count). The number of ether oxygens (including phenoxy) is 1. The van der Waals surface area contributed by atoms with Gasteiger partial charge in [0, 0.05) is 33.6 Å². The monoisotopic (exact) mass is 437 g/mol. The lowest BCUT2D eigenvalue weighted by atomic mass is 10.1. The van der Waals surface area contributed by atoms with E-state index in [2.05, 4.69) is 0 Å². The van der Waals surface area contributed by atoms with Gasteiger partial charge in [0.1, 0.15) is 0 Å². The Morgan fingerprint density at radius 3 is 2.32 bits per heavy atom. The zero-order chi connectivity index (χ0) is 20.3. The number of carbonyl (C=O) groups is 1. The Morgan fingerprint density at radius 1 is 1.04 bits per heavy atom. The molecule has 28 heavy (non-hydrogen) atoms. The smallest absolute Gasteiger partial charge is 0.339 e. The highest BCUT2D eigenvalue weighted by Crippen LogP contribution is 2.36. The topological polar surface area (TPSA) is 51.5 Å². The summed E-state index contributed by atoms with van der Waals surface area (Å²) in [6.07, 6.45) is 0.976. The zero-order valence-electron chi connectivity index (χ0n) is 15.1. The summed E-state index contributed by atoms with van der Waals surface area (Å²) in [7, 11) is 1.34. The Kier molecular flexibility index (Phi) is 6.68. The van der Waals surface area contributed by atoms with Crippen molar-refractivity contribution in [2.24, 2.45) is 0 Å². The summed E-state index contributed by atoms with van der Waals surface area (Å²) >= 11 is 18.5. The van der Waals surface area contributed by atoms with Crippen molar-refractivity contribution < 1.29 is 14.6 Å². The Morgan fingerprint density at radius 2 is 1.71 bits per heavy atom. The number of carbonyl (C=O) groups excluding carboxylic acids is 1. The summed E-state index contributed by atoms with van der Waals surface area (Å²) in [6, 6.07) is 14.2. The van der Waals surface area contributed by atoms with Gasteiger partial charge in [0.25, 0.3) is 0 Å². The summed E-state index contributed by atoms with van der Waals surface area (Å²) in [5.41, 5.74) is 3.41. The van der Waals surface area contributed by atoms with E-state index in [9.17, 15) is 9.90 Å². The van der Waals surface area contributed by atoms with E-state index in [1.807, 2.05) is 22.8 Å². The maximum atomic E-state index is 12.4. The molecule has 0 radical (unpaired) electrons. The average Bonchev–Trinajstić information content (AvgIpc) is 3.05. The lowest BCUT2D eigenvalue weighted by Crippen LogP contribution is -2.09. The molecule has 0 unspecified atom stereocenters. The molecule has 0 atom stereocenters. The van der Waals surface area contributed by atoms with Crippen molar-refractivity contribution in [2.45, 2.75) is 12.8 Å². The van der Waals surface area contributed by atoms with Crippen LogP contribution in [-0.4, -0.2) is 29.4 Å². The highest BCUT2D eigenvalue weighted by atomic mass is 35.5. The second-order valence-corrected chi connectivity index (χ2v) is 7.42. The van der Waals surface area contributed by atoms with Gasteiger partial charge in [-0.15, -0.1) is 0 Å². The zero-order valence-corrected chi connectivity index (χ0v) is 17.4. The maximum absolute atomic E-state index is 12.4. The lowest BCUT2D eigenvalue weighted by molar-refractivity contribution is 0.0599. The van der Waals surface area contributed by atoms with Gasteiger partial charge >= 0.3 is 5.97 Å². The number of benzene rings is 2. The van der Waals surface area contributed by atoms with Crippen LogP contribution in [0.1, 0.15) is 22.5 Å². The van der Waals surface area contributed by atoms with E-state index >= 15 is 0 Å². The number of aliphatic hydroxyl groups is 1. The number of esters is 1. The molecule has 0 bridgehead atoms. The van der Waals surface area contributed by atoms with Crippen LogP contribution in [0.4, 0.5) is 0 Å². The molecule has 0 spiro atoms. The van der Waals surface area contributed by atoms with Crippen LogP contribution < -0.4 is 0 Å². The second-order valence-electron chi connectivity index (χ2n) is 6.14. The van der Waals surface area contributed by atoms with Crippen LogP contribution in [0.15, 0.2) is 48.5 Å².